The molecular formula is C14H15ClN2O2S. The number of aromatic nitrogens is 1. The van der Waals surface area contributed by atoms with E-state index in [1.54, 1.807) is 37.4 Å². The molecular weight excluding hydrogens is 296 g/mol. The number of halogens is 1. The van der Waals surface area contributed by atoms with Crippen LogP contribution in [0.2, 0.25) is 5.15 Å². The Morgan fingerprint density at radius 3 is 2.65 bits per heavy atom. The zero-order valence-corrected chi connectivity index (χ0v) is 12.7. The van der Waals surface area contributed by atoms with Crippen molar-refractivity contribution in [2.24, 2.45) is 0 Å². The molecule has 0 aliphatic heterocycles. The fourth-order valence-corrected chi connectivity index (χ4v) is 3.96. The molecule has 1 aliphatic carbocycles. The molecule has 1 aromatic heterocycles. The highest BCUT2D eigenvalue weighted by atomic mass is 35.5. The fourth-order valence-electron chi connectivity index (χ4n) is 2.35. The van der Waals surface area contributed by atoms with Crippen molar-refractivity contribution in [3.05, 3.63) is 35.5 Å². The first-order valence-corrected chi connectivity index (χ1v) is 8.34. The van der Waals surface area contributed by atoms with Gasteiger partial charge < -0.3 is 0 Å². The summed E-state index contributed by atoms with van der Waals surface area (Å²) in [4.78, 5) is 4.47. The zero-order chi connectivity index (χ0) is 14.3. The van der Waals surface area contributed by atoms with E-state index in [0.29, 0.717) is 15.6 Å². The monoisotopic (exact) mass is 310 g/mol. The summed E-state index contributed by atoms with van der Waals surface area (Å²) in [5, 5.41) is 1.18. The molecule has 1 aromatic carbocycles. The van der Waals surface area contributed by atoms with Crippen molar-refractivity contribution in [3.63, 3.8) is 0 Å². The number of nitrogens with zero attached hydrogens (tertiary/aromatic N) is 2. The quantitative estimate of drug-likeness (QED) is 0.819. The van der Waals surface area contributed by atoms with E-state index in [-0.39, 0.29) is 6.04 Å². The van der Waals surface area contributed by atoms with Crippen LogP contribution in [0, 0.1) is 0 Å². The molecule has 0 bridgehead atoms. The average Bonchev–Trinajstić information content (AvgIpc) is 2.35. The molecule has 0 N–H and O–H groups in total. The first-order chi connectivity index (χ1) is 9.48. The number of hydrogen-bond donors (Lipinski definition) is 0. The first kappa shape index (κ1) is 13.8. The summed E-state index contributed by atoms with van der Waals surface area (Å²) in [5.74, 6) is 0. The Morgan fingerprint density at radius 1 is 1.25 bits per heavy atom. The molecule has 3 rings (SSSR count). The third kappa shape index (κ3) is 2.30. The number of sulfonamides is 1. The van der Waals surface area contributed by atoms with Crippen LogP contribution in [0.15, 0.2) is 35.2 Å². The minimum absolute atomic E-state index is 0.138. The highest BCUT2D eigenvalue weighted by molar-refractivity contribution is 7.89. The molecule has 1 saturated carbocycles. The van der Waals surface area contributed by atoms with E-state index in [1.807, 2.05) is 0 Å². The second-order valence-corrected chi connectivity index (χ2v) is 7.48. The Labute approximate surface area is 123 Å². The topological polar surface area (TPSA) is 50.3 Å². The summed E-state index contributed by atoms with van der Waals surface area (Å²) >= 11 is 5.83. The van der Waals surface area contributed by atoms with Gasteiger partial charge in [-0.15, -0.1) is 0 Å². The molecule has 1 aliphatic rings. The van der Waals surface area contributed by atoms with Gasteiger partial charge in [0.1, 0.15) is 5.15 Å². The zero-order valence-electron chi connectivity index (χ0n) is 11.1. The molecule has 4 nitrogen and oxygen atoms in total. The Balaban J connectivity index is 2.02. The molecule has 0 radical (unpaired) electrons. The van der Waals surface area contributed by atoms with Crippen molar-refractivity contribution >= 4 is 32.5 Å². The van der Waals surface area contributed by atoms with E-state index >= 15 is 0 Å². The Bertz CT molecular complexity index is 757. The standard InChI is InChI=1S/C14H15ClN2O2S/c1-17(11-3-2-4-11)20(18,19)12-6-7-13-10(9-12)5-8-14(15)16-13/h5-9,11H,2-4H2,1H3. The molecule has 106 valence electrons. The summed E-state index contributed by atoms with van der Waals surface area (Å²) in [5.41, 5.74) is 0.697. The summed E-state index contributed by atoms with van der Waals surface area (Å²) in [6, 6.07) is 8.53. The number of rotatable bonds is 3. The van der Waals surface area contributed by atoms with Gasteiger partial charge in [0.05, 0.1) is 10.4 Å². The van der Waals surface area contributed by atoms with Gasteiger partial charge in [0.25, 0.3) is 0 Å². The van der Waals surface area contributed by atoms with Crippen molar-refractivity contribution in [3.8, 4) is 0 Å². The van der Waals surface area contributed by atoms with Crippen LogP contribution in [0.3, 0.4) is 0 Å². The van der Waals surface area contributed by atoms with Gasteiger partial charge in [-0.3, -0.25) is 0 Å². The minimum Gasteiger partial charge on any atom is -0.236 e. The van der Waals surface area contributed by atoms with Crippen LogP contribution in [0.5, 0.6) is 0 Å². The maximum atomic E-state index is 12.6. The SMILES string of the molecule is CN(C1CCC1)S(=O)(=O)c1ccc2nc(Cl)ccc2c1. The van der Waals surface area contributed by atoms with E-state index in [1.165, 1.54) is 4.31 Å². The molecule has 0 spiro atoms. The molecule has 1 fully saturated rings. The summed E-state index contributed by atoms with van der Waals surface area (Å²) in [6.07, 6.45) is 2.99. The van der Waals surface area contributed by atoms with Gasteiger partial charge in [-0.2, -0.15) is 4.31 Å². The Hall–Kier alpha value is -1.17. The van der Waals surface area contributed by atoms with E-state index in [4.69, 9.17) is 11.6 Å². The van der Waals surface area contributed by atoms with Gasteiger partial charge in [-0.1, -0.05) is 18.0 Å². The molecule has 0 saturated heterocycles. The van der Waals surface area contributed by atoms with Crippen LogP contribution in [0.1, 0.15) is 19.3 Å². The second kappa shape index (κ2) is 4.98. The van der Waals surface area contributed by atoms with Gasteiger partial charge in [0.15, 0.2) is 0 Å². The summed E-state index contributed by atoms with van der Waals surface area (Å²) in [7, 11) is -1.77. The minimum atomic E-state index is -3.43. The third-order valence-electron chi connectivity index (χ3n) is 3.89. The number of pyridine rings is 1. The van der Waals surface area contributed by atoms with Crippen molar-refractivity contribution < 1.29 is 8.42 Å². The van der Waals surface area contributed by atoms with E-state index in [0.717, 1.165) is 24.6 Å². The van der Waals surface area contributed by atoms with Gasteiger partial charge in [-0.25, -0.2) is 13.4 Å². The van der Waals surface area contributed by atoms with Gasteiger partial charge in [-0.05, 0) is 43.2 Å². The first-order valence-electron chi connectivity index (χ1n) is 6.53. The molecule has 0 atom stereocenters. The van der Waals surface area contributed by atoms with Crippen LogP contribution < -0.4 is 0 Å². The van der Waals surface area contributed by atoms with Crippen LogP contribution in [-0.2, 0) is 10.0 Å². The largest absolute Gasteiger partial charge is 0.243 e. The van der Waals surface area contributed by atoms with Crippen molar-refractivity contribution in [1.29, 1.82) is 0 Å². The lowest BCUT2D eigenvalue weighted by Crippen LogP contribution is -2.41. The van der Waals surface area contributed by atoms with Gasteiger partial charge >= 0.3 is 0 Å². The molecule has 2 aromatic rings. The Morgan fingerprint density at radius 2 is 2.00 bits per heavy atom. The molecule has 20 heavy (non-hydrogen) atoms. The Kier molecular flexibility index (Phi) is 3.44. The van der Waals surface area contributed by atoms with Crippen LogP contribution in [0.25, 0.3) is 10.9 Å². The third-order valence-corrected chi connectivity index (χ3v) is 6.01. The number of benzene rings is 1. The van der Waals surface area contributed by atoms with Gasteiger partial charge in [0, 0.05) is 18.5 Å². The predicted octanol–water partition coefficient (Wildman–Crippen LogP) is 3.06. The van der Waals surface area contributed by atoms with E-state index in [9.17, 15) is 8.42 Å². The van der Waals surface area contributed by atoms with Crippen LogP contribution in [0.4, 0.5) is 0 Å². The van der Waals surface area contributed by atoms with Gasteiger partial charge in [0.2, 0.25) is 10.0 Å². The molecule has 0 unspecified atom stereocenters. The lowest BCUT2D eigenvalue weighted by atomic mass is 9.94. The lowest BCUT2D eigenvalue weighted by molar-refractivity contribution is 0.249. The maximum absolute atomic E-state index is 12.6. The lowest BCUT2D eigenvalue weighted by Gasteiger charge is -2.33. The van der Waals surface area contributed by atoms with Crippen molar-refractivity contribution in [2.75, 3.05) is 7.05 Å². The van der Waals surface area contributed by atoms with Crippen molar-refractivity contribution in [1.82, 2.24) is 9.29 Å². The fraction of sp³-hybridized carbons (Fsp3) is 0.357. The van der Waals surface area contributed by atoms with Crippen molar-refractivity contribution in [2.45, 2.75) is 30.2 Å². The highest BCUT2D eigenvalue weighted by Gasteiger charge is 2.31. The van der Waals surface area contributed by atoms with E-state index in [2.05, 4.69) is 4.98 Å². The van der Waals surface area contributed by atoms with Crippen LogP contribution >= 0.6 is 11.6 Å². The molecule has 0 amide bonds. The average molecular weight is 311 g/mol. The highest BCUT2D eigenvalue weighted by Crippen LogP contribution is 2.29. The normalized spacial score (nSPS) is 16.6. The second-order valence-electron chi connectivity index (χ2n) is 5.09. The number of fused-ring (bicyclic) bond motifs is 1. The summed E-state index contributed by atoms with van der Waals surface area (Å²) in [6.45, 7) is 0. The predicted molar refractivity (Wildman–Crippen MR) is 79.3 cm³/mol. The number of hydrogen-bond acceptors (Lipinski definition) is 3. The van der Waals surface area contributed by atoms with Crippen LogP contribution in [-0.4, -0.2) is 30.8 Å². The smallest absolute Gasteiger partial charge is 0.236 e. The maximum Gasteiger partial charge on any atom is 0.243 e. The molecule has 1 heterocycles. The molecule has 6 heteroatoms. The summed E-state index contributed by atoms with van der Waals surface area (Å²) < 4.78 is 26.6. The van der Waals surface area contributed by atoms with E-state index < -0.39 is 10.0 Å².